The molecule has 0 aliphatic heterocycles. The van der Waals surface area contributed by atoms with Gasteiger partial charge in [-0.25, -0.2) is 4.98 Å². The molecule has 2 rings (SSSR count). The standard InChI is InChI=1S/C12H16ClN3/c1-7(2)11-12(13)16-5-4-9(8(3)14)6-10(16)15-11/h4-8H,14H2,1-3H3. The second-order valence-electron chi connectivity index (χ2n) is 4.42. The number of rotatable bonds is 2. The lowest BCUT2D eigenvalue weighted by atomic mass is 10.1. The van der Waals surface area contributed by atoms with Gasteiger partial charge in [-0.15, -0.1) is 0 Å². The monoisotopic (exact) mass is 237 g/mol. The molecule has 2 aromatic rings. The lowest BCUT2D eigenvalue weighted by molar-refractivity contribution is 0.815. The van der Waals surface area contributed by atoms with Crippen molar-refractivity contribution in [3.8, 4) is 0 Å². The third-order valence-electron chi connectivity index (χ3n) is 2.69. The molecule has 0 fully saturated rings. The number of nitrogens with two attached hydrogens (primary N) is 1. The van der Waals surface area contributed by atoms with Crippen LogP contribution < -0.4 is 5.73 Å². The fourth-order valence-corrected chi connectivity index (χ4v) is 2.10. The molecule has 86 valence electrons. The molecule has 0 aliphatic carbocycles. The summed E-state index contributed by atoms with van der Waals surface area (Å²) in [6.07, 6.45) is 1.93. The lowest BCUT2D eigenvalue weighted by Gasteiger charge is -2.05. The third-order valence-corrected chi connectivity index (χ3v) is 3.06. The lowest BCUT2D eigenvalue weighted by Crippen LogP contribution is -2.05. The van der Waals surface area contributed by atoms with Crippen LogP contribution in [0.3, 0.4) is 0 Å². The summed E-state index contributed by atoms with van der Waals surface area (Å²) in [4.78, 5) is 4.53. The second-order valence-corrected chi connectivity index (χ2v) is 4.78. The van der Waals surface area contributed by atoms with Crippen LogP contribution in [0.25, 0.3) is 5.65 Å². The van der Waals surface area contributed by atoms with Crippen LogP contribution in [-0.4, -0.2) is 9.38 Å². The van der Waals surface area contributed by atoms with Gasteiger partial charge in [0.25, 0.3) is 0 Å². The van der Waals surface area contributed by atoms with Crippen LogP contribution >= 0.6 is 11.6 Å². The molecule has 2 N–H and O–H groups in total. The fourth-order valence-electron chi connectivity index (χ4n) is 1.70. The molecule has 0 radical (unpaired) electrons. The summed E-state index contributed by atoms with van der Waals surface area (Å²) in [6.45, 7) is 6.12. The van der Waals surface area contributed by atoms with Crippen LogP contribution in [0.5, 0.6) is 0 Å². The Bertz CT molecular complexity index is 514. The summed E-state index contributed by atoms with van der Waals surface area (Å²) in [5, 5.41) is 0.696. The summed E-state index contributed by atoms with van der Waals surface area (Å²) < 4.78 is 1.89. The fraction of sp³-hybridized carbons (Fsp3) is 0.417. The highest BCUT2D eigenvalue weighted by Crippen LogP contribution is 2.26. The molecule has 0 saturated carbocycles. The molecule has 3 nitrogen and oxygen atoms in total. The third kappa shape index (κ3) is 1.81. The first-order valence-electron chi connectivity index (χ1n) is 5.43. The van der Waals surface area contributed by atoms with E-state index < -0.39 is 0 Å². The minimum absolute atomic E-state index is 0.0166. The van der Waals surface area contributed by atoms with Crippen molar-refractivity contribution in [3.63, 3.8) is 0 Å². The van der Waals surface area contributed by atoms with Crippen molar-refractivity contribution >= 4 is 17.2 Å². The normalized spacial score (nSPS) is 13.6. The van der Waals surface area contributed by atoms with E-state index in [2.05, 4.69) is 18.8 Å². The summed E-state index contributed by atoms with van der Waals surface area (Å²) >= 11 is 6.25. The van der Waals surface area contributed by atoms with Crippen molar-refractivity contribution in [2.45, 2.75) is 32.7 Å². The van der Waals surface area contributed by atoms with Crippen molar-refractivity contribution in [2.24, 2.45) is 5.73 Å². The van der Waals surface area contributed by atoms with Gasteiger partial charge in [0.05, 0.1) is 5.69 Å². The zero-order chi connectivity index (χ0) is 11.9. The first-order valence-corrected chi connectivity index (χ1v) is 5.81. The van der Waals surface area contributed by atoms with Gasteiger partial charge in [0, 0.05) is 12.2 Å². The molecule has 1 unspecified atom stereocenters. The van der Waals surface area contributed by atoms with E-state index in [4.69, 9.17) is 17.3 Å². The highest BCUT2D eigenvalue weighted by Gasteiger charge is 2.13. The van der Waals surface area contributed by atoms with Crippen LogP contribution in [0.4, 0.5) is 0 Å². The Morgan fingerprint density at radius 3 is 2.62 bits per heavy atom. The van der Waals surface area contributed by atoms with E-state index in [1.165, 1.54) is 0 Å². The average molecular weight is 238 g/mol. The number of nitrogens with zero attached hydrogens (tertiary/aromatic N) is 2. The number of hydrogen-bond acceptors (Lipinski definition) is 2. The summed E-state index contributed by atoms with van der Waals surface area (Å²) in [7, 11) is 0. The Morgan fingerprint density at radius 1 is 1.38 bits per heavy atom. The Balaban J connectivity index is 2.63. The van der Waals surface area contributed by atoms with Crippen molar-refractivity contribution in [2.75, 3.05) is 0 Å². The number of fused-ring (bicyclic) bond motifs is 1. The van der Waals surface area contributed by atoms with Crippen LogP contribution in [0, 0.1) is 0 Å². The summed E-state index contributed by atoms with van der Waals surface area (Å²) in [5.74, 6) is 0.325. The van der Waals surface area contributed by atoms with Crippen molar-refractivity contribution in [1.82, 2.24) is 9.38 Å². The van der Waals surface area contributed by atoms with Crippen LogP contribution in [-0.2, 0) is 0 Å². The zero-order valence-corrected chi connectivity index (χ0v) is 10.5. The van der Waals surface area contributed by atoms with Gasteiger partial charge in [-0.05, 0) is 30.5 Å². The molecule has 0 amide bonds. The first kappa shape index (κ1) is 11.4. The Hall–Kier alpha value is -1.06. The zero-order valence-electron chi connectivity index (χ0n) is 9.74. The molecule has 2 heterocycles. The largest absolute Gasteiger partial charge is 0.324 e. The number of aromatic nitrogens is 2. The molecule has 0 bridgehead atoms. The second kappa shape index (κ2) is 4.07. The molecule has 0 aliphatic rings. The van der Waals surface area contributed by atoms with Gasteiger partial charge < -0.3 is 5.73 Å². The van der Waals surface area contributed by atoms with Crippen LogP contribution in [0.15, 0.2) is 18.3 Å². The first-order chi connectivity index (χ1) is 7.50. The SMILES string of the molecule is CC(C)c1nc2cc(C(C)N)ccn2c1Cl. The molecular formula is C12H16ClN3. The van der Waals surface area contributed by atoms with Gasteiger partial charge in [-0.3, -0.25) is 4.40 Å². The molecule has 4 heteroatoms. The van der Waals surface area contributed by atoms with Gasteiger partial charge in [0.15, 0.2) is 0 Å². The van der Waals surface area contributed by atoms with Gasteiger partial charge in [-0.1, -0.05) is 25.4 Å². The quantitative estimate of drug-likeness (QED) is 0.872. The van der Waals surface area contributed by atoms with Gasteiger partial charge in [-0.2, -0.15) is 0 Å². The maximum absolute atomic E-state index is 6.25. The number of halogens is 1. The van der Waals surface area contributed by atoms with Crippen LogP contribution in [0.2, 0.25) is 5.15 Å². The van der Waals surface area contributed by atoms with E-state index in [1.807, 2.05) is 29.7 Å². The Kier molecular flexibility index (Phi) is 2.91. The molecule has 0 aromatic carbocycles. The number of hydrogen-bond donors (Lipinski definition) is 1. The molecule has 2 aromatic heterocycles. The molecular weight excluding hydrogens is 222 g/mol. The minimum atomic E-state index is 0.0166. The van der Waals surface area contributed by atoms with E-state index >= 15 is 0 Å². The topological polar surface area (TPSA) is 43.3 Å². The maximum atomic E-state index is 6.25. The predicted molar refractivity (Wildman–Crippen MR) is 66.9 cm³/mol. The smallest absolute Gasteiger partial charge is 0.138 e. The minimum Gasteiger partial charge on any atom is -0.324 e. The van der Waals surface area contributed by atoms with Crippen molar-refractivity contribution < 1.29 is 0 Å². The summed E-state index contributed by atoms with van der Waals surface area (Å²) in [6, 6.07) is 3.99. The Labute approximate surface area is 100 Å². The van der Waals surface area contributed by atoms with Gasteiger partial charge in [0.1, 0.15) is 10.8 Å². The maximum Gasteiger partial charge on any atom is 0.138 e. The molecule has 0 saturated heterocycles. The number of imidazole rings is 1. The highest BCUT2D eigenvalue weighted by molar-refractivity contribution is 6.30. The van der Waals surface area contributed by atoms with Gasteiger partial charge >= 0.3 is 0 Å². The molecule has 1 atom stereocenters. The van der Waals surface area contributed by atoms with Crippen molar-refractivity contribution in [1.29, 1.82) is 0 Å². The van der Waals surface area contributed by atoms with E-state index in [9.17, 15) is 0 Å². The van der Waals surface area contributed by atoms with Crippen LogP contribution in [0.1, 0.15) is 44.0 Å². The van der Waals surface area contributed by atoms with Gasteiger partial charge in [0.2, 0.25) is 0 Å². The van der Waals surface area contributed by atoms with E-state index in [0.29, 0.717) is 11.1 Å². The average Bonchev–Trinajstić information content (AvgIpc) is 2.55. The van der Waals surface area contributed by atoms with E-state index in [0.717, 1.165) is 16.9 Å². The van der Waals surface area contributed by atoms with E-state index in [1.54, 1.807) is 0 Å². The summed E-state index contributed by atoms with van der Waals surface area (Å²) in [5.41, 5.74) is 8.71. The Morgan fingerprint density at radius 2 is 2.06 bits per heavy atom. The number of pyridine rings is 1. The predicted octanol–water partition coefficient (Wildman–Crippen LogP) is 3.13. The van der Waals surface area contributed by atoms with E-state index in [-0.39, 0.29) is 6.04 Å². The molecule has 16 heavy (non-hydrogen) atoms. The van der Waals surface area contributed by atoms with Crippen molar-refractivity contribution in [3.05, 3.63) is 34.7 Å². The highest BCUT2D eigenvalue weighted by atomic mass is 35.5. The molecule has 0 spiro atoms.